The minimum atomic E-state index is 0.0948. The molecule has 1 saturated heterocycles. The van der Waals surface area contributed by atoms with Gasteiger partial charge in [-0.3, -0.25) is 4.79 Å². The van der Waals surface area contributed by atoms with Crippen molar-refractivity contribution in [3.05, 3.63) is 0 Å². The molecule has 76 valence electrons. The Kier molecular flexibility index (Phi) is 2.96. The third kappa shape index (κ3) is 2.21. The van der Waals surface area contributed by atoms with Crippen molar-refractivity contribution < 1.29 is 4.79 Å². The van der Waals surface area contributed by atoms with Gasteiger partial charge in [-0.25, -0.2) is 0 Å². The average Bonchev–Trinajstić information content (AvgIpc) is 2.49. The smallest absolute Gasteiger partial charge is 0.236 e. The quantitative estimate of drug-likeness (QED) is 0.660. The Balaban J connectivity index is 2.70. The lowest BCUT2D eigenvalue weighted by Gasteiger charge is -2.34. The van der Waals surface area contributed by atoms with Crippen LogP contribution in [0.5, 0.6) is 0 Å². The Morgan fingerprint density at radius 3 is 2.62 bits per heavy atom. The van der Waals surface area contributed by atoms with E-state index in [1.807, 2.05) is 4.90 Å². The van der Waals surface area contributed by atoms with Gasteiger partial charge in [0.1, 0.15) is 0 Å². The molecular formula is C10H20N2O. The molecule has 1 unspecified atom stereocenters. The summed E-state index contributed by atoms with van der Waals surface area (Å²) in [5.74, 6) is 0.0948. The first-order chi connectivity index (χ1) is 5.96. The lowest BCUT2D eigenvalue weighted by atomic mass is 9.85. The molecule has 0 aromatic rings. The van der Waals surface area contributed by atoms with E-state index in [0.29, 0.717) is 6.04 Å². The van der Waals surface area contributed by atoms with E-state index in [2.05, 4.69) is 20.8 Å². The Morgan fingerprint density at radius 2 is 2.15 bits per heavy atom. The molecule has 0 aromatic heterocycles. The summed E-state index contributed by atoms with van der Waals surface area (Å²) in [6, 6.07) is 0.378. The Bertz CT molecular complexity index is 196. The third-order valence-corrected chi connectivity index (χ3v) is 2.75. The number of nitrogens with zero attached hydrogens (tertiary/aromatic N) is 1. The van der Waals surface area contributed by atoms with Gasteiger partial charge in [0.25, 0.3) is 0 Å². The molecule has 1 rings (SSSR count). The maximum atomic E-state index is 11.5. The van der Waals surface area contributed by atoms with Gasteiger partial charge in [0.15, 0.2) is 0 Å². The summed E-state index contributed by atoms with van der Waals surface area (Å²) < 4.78 is 0. The van der Waals surface area contributed by atoms with Gasteiger partial charge in [-0.05, 0) is 18.3 Å². The molecule has 1 aliphatic heterocycles. The maximum absolute atomic E-state index is 11.5. The van der Waals surface area contributed by atoms with E-state index in [1.165, 1.54) is 0 Å². The lowest BCUT2D eigenvalue weighted by molar-refractivity contribution is -0.132. The second-order valence-electron chi connectivity index (χ2n) is 4.82. The first kappa shape index (κ1) is 10.5. The first-order valence-electron chi connectivity index (χ1n) is 4.96. The van der Waals surface area contributed by atoms with Crippen molar-refractivity contribution in [3.8, 4) is 0 Å². The van der Waals surface area contributed by atoms with Crippen LogP contribution in [0, 0.1) is 5.41 Å². The fourth-order valence-corrected chi connectivity index (χ4v) is 2.08. The van der Waals surface area contributed by atoms with Crippen molar-refractivity contribution in [1.29, 1.82) is 0 Å². The van der Waals surface area contributed by atoms with Crippen LogP contribution in [0.1, 0.15) is 33.6 Å². The zero-order valence-electron chi connectivity index (χ0n) is 8.84. The normalized spacial score (nSPS) is 23.7. The fraction of sp³-hybridized carbons (Fsp3) is 0.900. The SMILES string of the molecule is CC(C)(C)C1CCCN1C(=O)CN. The van der Waals surface area contributed by atoms with Gasteiger partial charge in [0.05, 0.1) is 6.54 Å². The van der Waals surface area contributed by atoms with Crippen LogP contribution in [0.4, 0.5) is 0 Å². The average molecular weight is 184 g/mol. The zero-order chi connectivity index (χ0) is 10.1. The standard InChI is InChI=1S/C10H20N2O/c1-10(2,3)8-5-4-6-12(8)9(13)7-11/h8H,4-7,11H2,1-3H3. The summed E-state index contributed by atoms with van der Waals surface area (Å²) in [7, 11) is 0. The van der Waals surface area contributed by atoms with Crippen molar-refractivity contribution >= 4 is 5.91 Å². The molecule has 3 heteroatoms. The van der Waals surface area contributed by atoms with E-state index in [4.69, 9.17) is 5.73 Å². The van der Waals surface area contributed by atoms with Crippen molar-refractivity contribution in [1.82, 2.24) is 4.90 Å². The number of carbonyl (C=O) groups excluding carboxylic acids is 1. The van der Waals surface area contributed by atoms with E-state index in [-0.39, 0.29) is 17.9 Å². The number of amides is 1. The van der Waals surface area contributed by atoms with E-state index in [9.17, 15) is 4.79 Å². The summed E-state index contributed by atoms with van der Waals surface area (Å²) in [6.45, 7) is 7.57. The van der Waals surface area contributed by atoms with Gasteiger partial charge < -0.3 is 10.6 Å². The lowest BCUT2D eigenvalue weighted by Crippen LogP contribution is -2.45. The van der Waals surface area contributed by atoms with Gasteiger partial charge in [0, 0.05) is 12.6 Å². The van der Waals surface area contributed by atoms with Crippen LogP contribution < -0.4 is 5.73 Å². The van der Waals surface area contributed by atoms with Crippen LogP contribution in [-0.2, 0) is 4.79 Å². The number of nitrogens with two attached hydrogens (primary N) is 1. The molecule has 3 nitrogen and oxygen atoms in total. The van der Waals surface area contributed by atoms with Gasteiger partial charge >= 0.3 is 0 Å². The highest BCUT2D eigenvalue weighted by Gasteiger charge is 2.35. The van der Waals surface area contributed by atoms with E-state index >= 15 is 0 Å². The maximum Gasteiger partial charge on any atom is 0.236 e. The van der Waals surface area contributed by atoms with Crippen molar-refractivity contribution in [2.45, 2.75) is 39.7 Å². The third-order valence-electron chi connectivity index (χ3n) is 2.75. The van der Waals surface area contributed by atoms with Crippen LogP contribution in [0.15, 0.2) is 0 Å². The Morgan fingerprint density at radius 1 is 1.54 bits per heavy atom. The minimum absolute atomic E-state index is 0.0948. The van der Waals surface area contributed by atoms with E-state index in [0.717, 1.165) is 19.4 Å². The van der Waals surface area contributed by atoms with Crippen LogP contribution in [0.3, 0.4) is 0 Å². The molecule has 13 heavy (non-hydrogen) atoms. The number of rotatable bonds is 1. The zero-order valence-corrected chi connectivity index (χ0v) is 8.84. The van der Waals surface area contributed by atoms with Crippen LogP contribution in [-0.4, -0.2) is 29.9 Å². The van der Waals surface area contributed by atoms with E-state index < -0.39 is 0 Å². The Labute approximate surface area is 80.3 Å². The topological polar surface area (TPSA) is 46.3 Å². The van der Waals surface area contributed by atoms with Crippen LogP contribution >= 0.6 is 0 Å². The molecule has 1 amide bonds. The van der Waals surface area contributed by atoms with E-state index in [1.54, 1.807) is 0 Å². The predicted octanol–water partition coefficient (Wildman–Crippen LogP) is 0.982. The molecule has 0 spiro atoms. The van der Waals surface area contributed by atoms with Crippen molar-refractivity contribution in [2.75, 3.05) is 13.1 Å². The van der Waals surface area contributed by atoms with Gasteiger partial charge in [-0.2, -0.15) is 0 Å². The number of likely N-dealkylation sites (tertiary alicyclic amines) is 1. The number of hydrogen-bond donors (Lipinski definition) is 1. The van der Waals surface area contributed by atoms with Crippen molar-refractivity contribution in [3.63, 3.8) is 0 Å². The Hall–Kier alpha value is -0.570. The highest BCUT2D eigenvalue weighted by atomic mass is 16.2. The molecule has 0 saturated carbocycles. The molecule has 0 radical (unpaired) electrons. The molecule has 1 atom stereocenters. The molecule has 1 fully saturated rings. The first-order valence-corrected chi connectivity index (χ1v) is 4.96. The highest BCUT2D eigenvalue weighted by molar-refractivity contribution is 5.78. The van der Waals surface area contributed by atoms with Crippen LogP contribution in [0.25, 0.3) is 0 Å². The van der Waals surface area contributed by atoms with Gasteiger partial charge in [-0.15, -0.1) is 0 Å². The monoisotopic (exact) mass is 184 g/mol. The summed E-state index contributed by atoms with van der Waals surface area (Å²) in [5.41, 5.74) is 5.55. The molecule has 1 heterocycles. The summed E-state index contributed by atoms with van der Waals surface area (Å²) in [4.78, 5) is 13.4. The molecule has 0 bridgehead atoms. The van der Waals surface area contributed by atoms with Gasteiger partial charge in [-0.1, -0.05) is 20.8 Å². The minimum Gasteiger partial charge on any atom is -0.338 e. The summed E-state index contributed by atoms with van der Waals surface area (Å²) >= 11 is 0. The predicted molar refractivity (Wildman–Crippen MR) is 53.2 cm³/mol. The molecular weight excluding hydrogens is 164 g/mol. The second kappa shape index (κ2) is 3.66. The van der Waals surface area contributed by atoms with Crippen molar-refractivity contribution in [2.24, 2.45) is 11.1 Å². The summed E-state index contributed by atoms with van der Waals surface area (Å²) in [5, 5.41) is 0. The second-order valence-corrected chi connectivity index (χ2v) is 4.82. The number of hydrogen-bond acceptors (Lipinski definition) is 2. The molecule has 0 aliphatic carbocycles. The van der Waals surface area contributed by atoms with Gasteiger partial charge in [0.2, 0.25) is 5.91 Å². The molecule has 1 aliphatic rings. The molecule has 2 N–H and O–H groups in total. The van der Waals surface area contributed by atoms with Crippen LogP contribution in [0.2, 0.25) is 0 Å². The molecule has 0 aromatic carbocycles. The highest BCUT2D eigenvalue weighted by Crippen LogP contribution is 2.32. The fourth-order valence-electron chi connectivity index (χ4n) is 2.08. The summed E-state index contributed by atoms with van der Waals surface area (Å²) in [6.07, 6.45) is 2.24. The number of carbonyl (C=O) groups is 1. The largest absolute Gasteiger partial charge is 0.338 e.